The smallest absolute Gasteiger partial charge is 0.253 e. The van der Waals surface area contributed by atoms with Crippen LogP contribution >= 0.6 is 0 Å². The molecular weight excluding hydrogens is 388 g/mol. The fourth-order valence-corrected chi connectivity index (χ4v) is 5.54. The second-order valence-corrected chi connectivity index (χ2v) is 10.7. The van der Waals surface area contributed by atoms with Crippen molar-refractivity contribution in [2.24, 2.45) is 0 Å². The fourth-order valence-electron chi connectivity index (χ4n) is 4.33. The second kappa shape index (κ2) is 8.71. The topological polar surface area (TPSA) is 64.2 Å². The second-order valence-electron chi connectivity index (χ2n) is 8.59. The van der Waals surface area contributed by atoms with Crippen LogP contribution < -0.4 is 0 Å². The standard InChI is InChI=1S/C21H34N4O3S/c1-16-13-18(14-20(17(16)2)29(27,28)22(3)4)21(26)25-11-9-24(10-12-25)19-7-6-8-23(5)15-19/h13-14,19H,6-12,15H2,1-5H3. The van der Waals surface area contributed by atoms with E-state index in [2.05, 4.69) is 16.8 Å². The number of amides is 1. The lowest BCUT2D eigenvalue weighted by Crippen LogP contribution is -2.55. The Morgan fingerprint density at radius 2 is 1.72 bits per heavy atom. The van der Waals surface area contributed by atoms with Crippen LogP contribution in [0.4, 0.5) is 0 Å². The molecule has 1 atom stereocenters. The Balaban J connectivity index is 1.74. The molecule has 8 heteroatoms. The lowest BCUT2D eigenvalue weighted by molar-refractivity contribution is 0.0452. The van der Waals surface area contributed by atoms with Crippen molar-refractivity contribution in [3.05, 3.63) is 28.8 Å². The molecule has 1 unspecified atom stereocenters. The van der Waals surface area contributed by atoms with Crippen LogP contribution in [0.2, 0.25) is 0 Å². The first-order valence-corrected chi connectivity index (χ1v) is 11.8. The Labute approximate surface area is 175 Å². The Morgan fingerprint density at radius 1 is 1.07 bits per heavy atom. The van der Waals surface area contributed by atoms with Gasteiger partial charge < -0.3 is 9.80 Å². The van der Waals surface area contributed by atoms with E-state index in [-0.39, 0.29) is 10.8 Å². The van der Waals surface area contributed by atoms with Crippen molar-refractivity contribution in [3.63, 3.8) is 0 Å². The van der Waals surface area contributed by atoms with Crippen molar-refractivity contribution in [2.75, 3.05) is 60.4 Å². The van der Waals surface area contributed by atoms with Gasteiger partial charge in [-0.15, -0.1) is 0 Å². The van der Waals surface area contributed by atoms with Crippen molar-refractivity contribution in [1.29, 1.82) is 0 Å². The number of benzene rings is 1. The summed E-state index contributed by atoms with van der Waals surface area (Å²) < 4.78 is 26.6. The fraction of sp³-hybridized carbons (Fsp3) is 0.667. The minimum absolute atomic E-state index is 0.0799. The van der Waals surface area contributed by atoms with Gasteiger partial charge in [-0.05, 0) is 63.5 Å². The number of hydrogen-bond donors (Lipinski definition) is 0. The number of carbonyl (C=O) groups is 1. The molecule has 2 heterocycles. The van der Waals surface area contributed by atoms with E-state index < -0.39 is 10.0 Å². The van der Waals surface area contributed by atoms with Crippen molar-refractivity contribution in [1.82, 2.24) is 19.0 Å². The summed E-state index contributed by atoms with van der Waals surface area (Å²) in [4.78, 5) is 20.1. The summed E-state index contributed by atoms with van der Waals surface area (Å²) >= 11 is 0. The average Bonchev–Trinajstić information content (AvgIpc) is 2.69. The average molecular weight is 423 g/mol. The van der Waals surface area contributed by atoms with Crippen LogP contribution in [0.1, 0.15) is 34.3 Å². The van der Waals surface area contributed by atoms with Gasteiger partial charge in [0.2, 0.25) is 10.0 Å². The van der Waals surface area contributed by atoms with Gasteiger partial charge in [0.25, 0.3) is 5.91 Å². The normalized spacial score (nSPS) is 22.3. The summed E-state index contributed by atoms with van der Waals surface area (Å²) in [5.41, 5.74) is 1.97. The molecule has 1 aromatic rings. The van der Waals surface area contributed by atoms with Crippen molar-refractivity contribution < 1.29 is 13.2 Å². The molecule has 7 nitrogen and oxygen atoms in total. The molecule has 0 radical (unpaired) electrons. The molecule has 29 heavy (non-hydrogen) atoms. The molecule has 0 spiro atoms. The molecule has 0 saturated carbocycles. The van der Waals surface area contributed by atoms with E-state index in [1.54, 1.807) is 13.0 Å². The lowest BCUT2D eigenvalue weighted by atomic mass is 10.0. The van der Waals surface area contributed by atoms with Gasteiger partial charge >= 0.3 is 0 Å². The molecule has 3 rings (SSSR count). The number of nitrogens with zero attached hydrogens (tertiary/aromatic N) is 4. The summed E-state index contributed by atoms with van der Waals surface area (Å²) in [7, 11) is 1.60. The van der Waals surface area contributed by atoms with Gasteiger partial charge in [-0.25, -0.2) is 12.7 Å². The van der Waals surface area contributed by atoms with Crippen LogP contribution in [0.5, 0.6) is 0 Å². The molecule has 0 aliphatic carbocycles. The molecule has 0 aromatic heterocycles. The third-order valence-electron chi connectivity index (χ3n) is 6.34. The monoisotopic (exact) mass is 422 g/mol. The SMILES string of the molecule is Cc1cc(C(=O)N2CCN(C3CCCN(C)C3)CC2)cc(S(=O)(=O)N(C)C)c1C. The zero-order chi connectivity index (χ0) is 21.3. The van der Waals surface area contributed by atoms with Gasteiger partial charge in [-0.1, -0.05) is 0 Å². The first kappa shape index (κ1) is 22.2. The number of carbonyl (C=O) groups excluding carboxylic acids is 1. The Hall–Kier alpha value is -1.48. The van der Waals surface area contributed by atoms with Gasteiger partial charge in [0.15, 0.2) is 0 Å². The molecular formula is C21H34N4O3S. The third kappa shape index (κ3) is 4.66. The van der Waals surface area contributed by atoms with Gasteiger partial charge in [0, 0.05) is 58.4 Å². The number of rotatable bonds is 4. The van der Waals surface area contributed by atoms with Crippen LogP contribution in [0, 0.1) is 13.8 Å². The molecule has 0 N–H and O–H groups in total. The zero-order valence-corrected chi connectivity index (χ0v) is 19.1. The molecule has 1 aromatic carbocycles. The number of likely N-dealkylation sites (tertiary alicyclic amines) is 1. The molecule has 2 aliphatic rings. The summed E-state index contributed by atoms with van der Waals surface area (Å²) in [5.74, 6) is -0.0799. The maximum absolute atomic E-state index is 13.1. The van der Waals surface area contributed by atoms with Gasteiger partial charge in [0.1, 0.15) is 0 Å². The Bertz CT molecular complexity index is 861. The predicted molar refractivity (Wildman–Crippen MR) is 115 cm³/mol. The van der Waals surface area contributed by atoms with E-state index in [0.717, 1.165) is 25.2 Å². The first-order valence-electron chi connectivity index (χ1n) is 10.4. The molecule has 2 aliphatic heterocycles. The summed E-state index contributed by atoms with van der Waals surface area (Å²) in [5, 5.41) is 0. The minimum atomic E-state index is -3.60. The third-order valence-corrected chi connectivity index (χ3v) is 8.28. The van der Waals surface area contributed by atoms with E-state index in [9.17, 15) is 13.2 Å². The van der Waals surface area contributed by atoms with E-state index in [1.807, 2.05) is 17.9 Å². The van der Waals surface area contributed by atoms with E-state index in [0.29, 0.717) is 30.3 Å². The van der Waals surface area contributed by atoms with E-state index in [1.165, 1.54) is 37.8 Å². The number of piperidine rings is 1. The van der Waals surface area contributed by atoms with Gasteiger partial charge in [-0.3, -0.25) is 9.69 Å². The summed E-state index contributed by atoms with van der Waals surface area (Å²) in [6.45, 7) is 9.02. The Morgan fingerprint density at radius 3 is 2.31 bits per heavy atom. The largest absolute Gasteiger partial charge is 0.336 e. The van der Waals surface area contributed by atoms with Gasteiger partial charge in [-0.2, -0.15) is 0 Å². The first-order chi connectivity index (χ1) is 13.6. The molecule has 2 saturated heterocycles. The van der Waals surface area contributed by atoms with Crippen LogP contribution in [-0.2, 0) is 10.0 Å². The maximum atomic E-state index is 13.1. The number of piperazine rings is 1. The quantitative estimate of drug-likeness (QED) is 0.734. The van der Waals surface area contributed by atoms with Crippen LogP contribution in [0.15, 0.2) is 17.0 Å². The number of hydrogen-bond acceptors (Lipinski definition) is 5. The van der Waals surface area contributed by atoms with Crippen molar-refractivity contribution in [3.8, 4) is 0 Å². The van der Waals surface area contributed by atoms with Gasteiger partial charge in [0.05, 0.1) is 4.90 Å². The Kier molecular flexibility index (Phi) is 6.67. The zero-order valence-electron chi connectivity index (χ0n) is 18.3. The summed E-state index contributed by atoms with van der Waals surface area (Å²) in [6.07, 6.45) is 2.45. The number of sulfonamides is 1. The van der Waals surface area contributed by atoms with Crippen LogP contribution in [0.3, 0.4) is 0 Å². The highest BCUT2D eigenvalue weighted by molar-refractivity contribution is 7.89. The van der Waals surface area contributed by atoms with E-state index >= 15 is 0 Å². The molecule has 0 bridgehead atoms. The minimum Gasteiger partial charge on any atom is -0.336 e. The van der Waals surface area contributed by atoms with Crippen LogP contribution in [-0.4, -0.2) is 99.8 Å². The van der Waals surface area contributed by atoms with Crippen molar-refractivity contribution >= 4 is 15.9 Å². The highest BCUT2D eigenvalue weighted by Gasteiger charge is 2.30. The highest BCUT2D eigenvalue weighted by Crippen LogP contribution is 2.25. The highest BCUT2D eigenvalue weighted by atomic mass is 32.2. The maximum Gasteiger partial charge on any atom is 0.253 e. The van der Waals surface area contributed by atoms with Crippen molar-refractivity contribution in [2.45, 2.75) is 37.6 Å². The lowest BCUT2D eigenvalue weighted by Gasteiger charge is -2.42. The van der Waals surface area contributed by atoms with Crippen LogP contribution in [0.25, 0.3) is 0 Å². The molecule has 2 fully saturated rings. The summed E-state index contributed by atoms with van der Waals surface area (Å²) in [6, 6.07) is 3.93. The number of aryl methyl sites for hydroxylation is 1. The molecule has 1 amide bonds. The molecule has 162 valence electrons. The van der Waals surface area contributed by atoms with E-state index in [4.69, 9.17) is 0 Å². The number of likely N-dealkylation sites (N-methyl/N-ethyl adjacent to an activating group) is 1. The predicted octanol–water partition coefficient (Wildman–Crippen LogP) is 1.41.